The van der Waals surface area contributed by atoms with Crippen LogP contribution in [0.2, 0.25) is 0 Å². The van der Waals surface area contributed by atoms with Crippen LogP contribution in [0.3, 0.4) is 0 Å². The lowest BCUT2D eigenvalue weighted by Crippen LogP contribution is -2.23. The molecule has 2 amide bonds. The summed E-state index contributed by atoms with van der Waals surface area (Å²) in [7, 11) is 3.48. The zero-order valence-electron chi connectivity index (χ0n) is 16.1. The van der Waals surface area contributed by atoms with Gasteiger partial charge in [0.15, 0.2) is 0 Å². The first kappa shape index (κ1) is 19.4. The van der Waals surface area contributed by atoms with Gasteiger partial charge in [-0.25, -0.2) is 0 Å². The number of anilines is 1. The van der Waals surface area contributed by atoms with Gasteiger partial charge in [0.05, 0.1) is 12.3 Å². The van der Waals surface area contributed by atoms with Crippen molar-refractivity contribution in [3.63, 3.8) is 0 Å². The predicted octanol–water partition coefficient (Wildman–Crippen LogP) is 4.09. The zero-order chi connectivity index (χ0) is 19.9. The Morgan fingerprint density at radius 1 is 0.786 bits per heavy atom. The fourth-order valence-corrected chi connectivity index (χ4v) is 3.04. The maximum absolute atomic E-state index is 13.1. The summed E-state index contributed by atoms with van der Waals surface area (Å²) < 4.78 is 0. The van der Waals surface area contributed by atoms with Gasteiger partial charge in [0.2, 0.25) is 11.8 Å². The van der Waals surface area contributed by atoms with Crippen LogP contribution in [-0.4, -0.2) is 30.8 Å². The molecule has 142 valence electrons. The minimum atomic E-state index is -0.391. The van der Waals surface area contributed by atoms with Gasteiger partial charge in [-0.2, -0.15) is 0 Å². The summed E-state index contributed by atoms with van der Waals surface area (Å²) >= 11 is 0. The van der Waals surface area contributed by atoms with Gasteiger partial charge in [0, 0.05) is 19.8 Å². The van der Waals surface area contributed by atoms with Crippen molar-refractivity contribution in [2.24, 2.45) is 0 Å². The van der Waals surface area contributed by atoms with Crippen molar-refractivity contribution in [3.05, 3.63) is 102 Å². The lowest BCUT2D eigenvalue weighted by Gasteiger charge is -2.18. The molecule has 0 aliphatic heterocycles. The molecule has 3 aromatic rings. The van der Waals surface area contributed by atoms with Crippen LogP contribution in [0, 0.1) is 0 Å². The molecule has 0 fully saturated rings. The Bertz CT molecular complexity index is 880. The van der Waals surface area contributed by atoms with Gasteiger partial charge in [-0.15, -0.1) is 0 Å². The smallest absolute Gasteiger partial charge is 0.236 e. The number of hydrogen-bond donors (Lipinski definition) is 1. The molecule has 1 N–H and O–H groups in total. The van der Waals surface area contributed by atoms with Crippen molar-refractivity contribution in [1.82, 2.24) is 4.90 Å². The SMILES string of the molecule is CN(C)C(=O)Cc1ccc(NC(=O)C(c2ccccc2)c2ccccc2)cc1. The molecule has 0 atom stereocenters. The van der Waals surface area contributed by atoms with E-state index in [0.29, 0.717) is 12.1 Å². The molecule has 4 heteroatoms. The number of carbonyl (C=O) groups is 2. The summed E-state index contributed by atoms with van der Waals surface area (Å²) in [6.45, 7) is 0. The Morgan fingerprint density at radius 2 is 1.29 bits per heavy atom. The maximum atomic E-state index is 13.1. The molecule has 0 aliphatic carbocycles. The summed E-state index contributed by atoms with van der Waals surface area (Å²) in [6.07, 6.45) is 0.345. The van der Waals surface area contributed by atoms with E-state index in [9.17, 15) is 9.59 Å². The van der Waals surface area contributed by atoms with Crippen LogP contribution in [-0.2, 0) is 16.0 Å². The normalized spacial score (nSPS) is 10.5. The minimum absolute atomic E-state index is 0.0463. The molecule has 4 nitrogen and oxygen atoms in total. The number of carbonyl (C=O) groups excluding carboxylic acids is 2. The monoisotopic (exact) mass is 372 g/mol. The second-order valence-corrected chi connectivity index (χ2v) is 6.91. The first-order chi connectivity index (χ1) is 13.5. The molecule has 3 aromatic carbocycles. The summed E-state index contributed by atoms with van der Waals surface area (Å²) in [4.78, 5) is 26.5. The molecule has 0 bridgehead atoms. The average molecular weight is 372 g/mol. The number of benzene rings is 3. The van der Waals surface area contributed by atoms with Gasteiger partial charge in [-0.1, -0.05) is 72.8 Å². The number of likely N-dealkylation sites (N-methyl/N-ethyl adjacent to an activating group) is 1. The van der Waals surface area contributed by atoms with Crippen LogP contribution in [0.25, 0.3) is 0 Å². The van der Waals surface area contributed by atoms with Crippen LogP contribution in [0.1, 0.15) is 22.6 Å². The van der Waals surface area contributed by atoms with E-state index in [2.05, 4.69) is 5.32 Å². The molecule has 0 unspecified atom stereocenters. The highest BCUT2D eigenvalue weighted by atomic mass is 16.2. The first-order valence-corrected chi connectivity index (χ1v) is 9.24. The standard InChI is InChI=1S/C24H24N2O2/c1-26(2)22(27)17-18-13-15-21(16-14-18)25-24(28)23(19-9-5-3-6-10-19)20-11-7-4-8-12-20/h3-16,23H,17H2,1-2H3,(H,25,28). The van der Waals surface area contributed by atoms with Gasteiger partial charge < -0.3 is 10.2 Å². The minimum Gasteiger partial charge on any atom is -0.349 e. The molecule has 3 rings (SSSR count). The number of nitrogens with one attached hydrogen (secondary N) is 1. The molecular weight excluding hydrogens is 348 g/mol. The second kappa shape index (κ2) is 9.00. The van der Waals surface area contributed by atoms with E-state index >= 15 is 0 Å². The van der Waals surface area contributed by atoms with E-state index in [0.717, 1.165) is 16.7 Å². The average Bonchev–Trinajstić information content (AvgIpc) is 2.71. The quantitative estimate of drug-likeness (QED) is 0.709. The van der Waals surface area contributed by atoms with E-state index in [1.807, 2.05) is 84.9 Å². The highest BCUT2D eigenvalue weighted by molar-refractivity contribution is 5.98. The third-order valence-electron chi connectivity index (χ3n) is 4.60. The van der Waals surface area contributed by atoms with Gasteiger partial charge in [0.25, 0.3) is 0 Å². The number of rotatable bonds is 6. The summed E-state index contributed by atoms with van der Waals surface area (Å²) in [5, 5.41) is 3.01. The summed E-state index contributed by atoms with van der Waals surface area (Å²) in [6, 6.07) is 26.9. The fraction of sp³-hybridized carbons (Fsp3) is 0.167. The van der Waals surface area contributed by atoms with Crippen LogP contribution in [0.4, 0.5) is 5.69 Å². The summed E-state index contributed by atoms with van der Waals surface area (Å²) in [5.41, 5.74) is 3.51. The van der Waals surface area contributed by atoms with Crippen molar-refractivity contribution in [2.75, 3.05) is 19.4 Å². The van der Waals surface area contributed by atoms with Crippen molar-refractivity contribution in [1.29, 1.82) is 0 Å². The van der Waals surface area contributed by atoms with Crippen LogP contribution >= 0.6 is 0 Å². The number of amides is 2. The first-order valence-electron chi connectivity index (χ1n) is 9.24. The topological polar surface area (TPSA) is 49.4 Å². The molecule has 0 heterocycles. The van der Waals surface area contributed by atoms with Crippen molar-refractivity contribution < 1.29 is 9.59 Å². The molecule has 0 saturated heterocycles. The van der Waals surface area contributed by atoms with Crippen molar-refractivity contribution in [2.45, 2.75) is 12.3 Å². The van der Waals surface area contributed by atoms with Gasteiger partial charge in [-0.05, 0) is 28.8 Å². The fourth-order valence-electron chi connectivity index (χ4n) is 3.04. The Labute approximate surface area is 165 Å². The number of hydrogen-bond acceptors (Lipinski definition) is 2. The number of nitrogens with zero attached hydrogens (tertiary/aromatic N) is 1. The summed E-state index contributed by atoms with van der Waals surface area (Å²) in [5.74, 6) is -0.433. The molecule has 28 heavy (non-hydrogen) atoms. The van der Waals surface area contributed by atoms with E-state index in [-0.39, 0.29) is 11.8 Å². The Morgan fingerprint density at radius 3 is 1.75 bits per heavy atom. The molecule has 0 spiro atoms. The van der Waals surface area contributed by atoms with Gasteiger partial charge in [0.1, 0.15) is 0 Å². The molecule has 0 aliphatic rings. The maximum Gasteiger partial charge on any atom is 0.236 e. The Balaban J connectivity index is 1.78. The van der Waals surface area contributed by atoms with E-state index in [1.165, 1.54) is 0 Å². The third-order valence-corrected chi connectivity index (χ3v) is 4.60. The van der Waals surface area contributed by atoms with Crippen molar-refractivity contribution >= 4 is 17.5 Å². The molecule has 0 aromatic heterocycles. The lowest BCUT2D eigenvalue weighted by molar-refractivity contribution is -0.128. The Kier molecular flexibility index (Phi) is 6.22. The largest absolute Gasteiger partial charge is 0.349 e. The second-order valence-electron chi connectivity index (χ2n) is 6.91. The highest BCUT2D eigenvalue weighted by Gasteiger charge is 2.22. The van der Waals surface area contributed by atoms with Gasteiger partial charge >= 0.3 is 0 Å². The van der Waals surface area contributed by atoms with E-state index < -0.39 is 5.92 Å². The van der Waals surface area contributed by atoms with Gasteiger partial charge in [-0.3, -0.25) is 9.59 Å². The lowest BCUT2D eigenvalue weighted by atomic mass is 9.90. The van der Waals surface area contributed by atoms with Crippen LogP contribution in [0.15, 0.2) is 84.9 Å². The Hall–Kier alpha value is -3.40. The molecule has 0 saturated carbocycles. The van der Waals surface area contributed by atoms with Crippen LogP contribution < -0.4 is 5.32 Å². The molecule has 0 radical (unpaired) electrons. The highest BCUT2D eigenvalue weighted by Crippen LogP contribution is 2.26. The molecular formula is C24H24N2O2. The van der Waals surface area contributed by atoms with Crippen molar-refractivity contribution in [3.8, 4) is 0 Å². The zero-order valence-corrected chi connectivity index (χ0v) is 16.1. The van der Waals surface area contributed by atoms with Crippen LogP contribution in [0.5, 0.6) is 0 Å². The predicted molar refractivity (Wildman–Crippen MR) is 112 cm³/mol. The van der Waals surface area contributed by atoms with E-state index in [1.54, 1.807) is 19.0 Å². The van der Waals surface area contributed by atoms with E-state index in [4.69, 9.17) is 0 Å². The third kappa shape index (κ3) is 4.86.